The van der Waals surface area contributed by atoms with Gasteiger partial charge in [-0.25, -0.2) is 0 Å². The third kappa shape index (κ3) is 4.13. The molecule has 2 atom stereocenters. The van der Waals surface area contributed by atoms with Crippen molar-refractivity contribution < 1.29 is 9.84 Å². The van der Waals surface area contributed by atoms with Crippen molar-refractivity contribution in [3.8, 4) is 0 Å². The highest BCUT2D eigenvalue weighted by molar-refractivity contribution is 6.42. The Kier molecular flexibility index (Phi) is 5.31. The average Bonchev–Trinajstić information content (AvgIpc) is 2.35. The molecule has 0 amide bonds. The molecule has 1 aromatic carbocycles. The van der Waals surface area contributed by atoms with Crippen LogP contribution in [0.5, 0.6) is 0 Å². The van der Waals surface area contributed by atoms with Gasteiger partial charge in [0.2, 0.25) is 0 Å². The van der Waals surface area contributed by atoms with Gasteiger partial charge in [0.05, 0.1) is 22.3 Å². The summed E-state index contributed by atoms with van der Waals surface area (Å²) < 4.78 is 5.62. The standard InChI is InChI=1S/C14H18Cl2O2/c15-13-5-4-10(8-14(13)16)7-11(17)9-12-3-1-2-6-18-12/h4-5,8,11-12,17H,1-3,6-7,9H2. The largest absolute Gasteiger partial charge is 0.393 e. The van der Waals surface area contributed by atoms with Crippen LogP contribution in [0.4, 0.5) is 0 Å². The summed E-state index contributed by atoms with van der Waals surface area (Å²) in [5.74, 6) is 0. The summed E-state index contributed by atoms with van der Waals surface area (Å²) in [6.45, 7) is 0.824. The van der Waals surface area contributed by atoms with Gasteiger partial charge in [-0.2, -0.15) is 0 Å². The van der Waals surface area contributed by atoms with Crippen LogP contribution in [0.15, 0.2) is 18.2 Å². The van der Waals surface area contributed by atoms with Gasteiger partial charge in [-0.05, 0) is 49.8 Å². The van der Waals surface area contributed by atoms with E-state index >= 15 is 0 Å². The van der Waals surface area contributed by atoms with E-state index in [2.05, 4.69) is 0 Å². The summed E-state index contributed by atoms with van der Waals surface area (Å²) in [5.41, 5.74) is 1.01. The third-order valence-electron chi connectivity index (χ3n) is 3.26. The minimum atomic E-state index is -0.384. The summed E-state index contributed by atoms with van der Waals surface area (Å²) in [4.78, 5) is 0. The van der Waals surface area contributed by atoms with Gasteiger partial charge in [0.15, 0.2) is 0 Å². The Balaban J connectivity index is 1.85. The molecule has 0 saturated carbocycles. The van der Waals surface area contributed by atoms with E-state index in [0.29, 0.717) is 22.9 Å². The highest BCUT2D eigenvalue weighted by Gasteiger charge is 2.18. The van der Waals surface area contributed by atoms with E-state index in [1.54, 1.807) is 6.07 Å². The van der Waals surface area contributed by atoms with Crippen LogP contribution in [0.1, 0.15) is 31.2 Å². The Bertz CT molecular complexity index is 389. The maximum absolute atomic E-state index is 10.1. The SMILES string of the molecule is OC(Cc1ccc(Cl)c(Cl)c1)CC1CCCCO1. The van der Waals surface area contributed by atoms with Crippen molar-refractivity contribution in [3.05, 3.63) is 33.8 Å². The molecule has 18 heavy (non-hydrogen) atoms. The van der Waals surface area contributed by atoms with Gasteiger partial charge >= 0.3 is 0 Å². The molecule has 1 aliphatic rings. The Morgan fingerprint density at radius 3 is 2.78 bits per heavy atom. The van der Waals surface area contributed by atoms with Crippen LogP contribution in [-0.4, -0.2) is 23.9 Å². The second-order valence-corrected chi connectivity index (χ2v) is 5.65. The van der Waals surface area contributed by atoms with E-state index in [9.17, 15) is 5.11 Å². The van der Waals surface area contributed by atoms with E-state index in [1.165, 1.54) is 6.42 Å². The van der Waals surface area contributed by atoms with Crippen LogP contribution < -0.4 is 0 Å². The van der Waals surface area contributed by atoms with Gasteiger partial charge in [0, 0.05) is 6.61 Å². The van der Waals surface area contributed by atoms with Crippen molar-refractivity contribution >= 4 is 23.2 Å². The predicted molar refractivity (Wildman–Crippen MR) is 74.4 cm³/mol. The number of ether oxygens (including phenoxy) is 1. The normalized spacial score (nSPS) is 21.8. The van der Waals surface area contributed by atoms with Crippen molar-refractivity contribution in [3.63, 3.8) is 0 Å². The van der Waals surface area contributed by atoms with Gasteiger partial charge in [0.25, 0.3) is 0 Å². The Morgan fingerprint density at radius 1 is 1.28 bits per heavy atom. The fourth-order valence-corrected chi connectivity index (χ4v) is 2.64. The van der Waals surface area contributed by atoms with Crippen molar-refractivity contribution in [2.45, 2.75) is 44.3 Å². The average molecular weight is 289 g/mol. The number of hydrogen-bond donors (Lipinski definition) is 1. The summed E-state index contributed by atoms with van der Waals surface area (Å²) in [7, 11) is 0. The number of rotatable bonds is 4. The van der Waals surface area contributed by atoms with Crippen LogP contribution >= 0.6 is 23.2 Å². The minimum absolute atomic E-state index is 0.205. The fourth-order valence-electron chi connectivity index (χ4n) is 2.32. The lowest BCUT2D eigenvalue weighted by Gasteiger charge is -2.24. The molecule has 0 aliphatic carbocycles. The molecule has 1 heterocycles. The number of hydrogen-bond acceptors (Lipinski definition) is 2. The zero-order valence-electron chi connectivity index (χ0n) is 10.2. The molecule has 0 radical (unpaired) electrons. The quantitative estimate of drug-likeness (QED) is 0.912. The maximum Gasteiger partial charge on any atom is 0.0605 e. The molecule has 0 spiro atoms. The van der Waals surface area contributed by atoms with Crippen LogP contribution in [0.2, 0.25) is 10.0 Å². The molecule has 1 aliphatic heterocycles. The highest BCUT2D eigenvalue weighted by atomic mass is 35.5. The van der Waals surface area contributed by atoms with Gasteiger partial charge in [0.1, 0.15) is 0 Å². The van der Waals surface area contributed by atoms with E-state index in [0.717, 1.165) is 25.0 Å². The van der Waals surface area contributed by atoms with Crippen LogP contribution in [0, 0.1) is 0 Å². The molecule has 2 unspecified atom stereocenters. The van der Waals surface area contributed by atoms with Crippen LogP contribution in [-0.2, 0) is 11.2 Å². The van der Waals surface area contributed by atoms with Gasteiger partial charge < -0.3 is 9.84 Å². The molecule has 0 bridgehead atoms. The second-order valence-electron chi connectivity index (χ2n) is 4.83. The molecular formula is C14H18Cl2O2. The molecule has 100 valence electrons. The van der Waals surface area contributed by atoms with E-state index < -0.39 is 0 Å². The van der Waals surface area contributed by atoms with Crippen molar-refractivity contribution in [2.24, 2.45) is 0 Å². The number of benzene rings is 1. The minimum Gasteiger partial charge on any atom is -0.393 e. The van der Waals surface area contributed by atoms with Crippen molar-refractivity contribution in [2.75, 3.05) is 6.61 Å². The fraction of sp³-hybridized carbons (Fsp3) is 0.571. The molecule has 1 saturated heterocycles. The summed E-state index contributed by atoms with van der Waals surface area (Å²) in [6.07, 6.45) is 4.50. The Labute approximate surface area is 118 Å². The Morgan fingerprint density at radius 2 is 2.11 bits per heavy atom. The van der Waals surface area contributed by atoms with Crippen LogP contribution in [0.25, 0.3) is 0 Å². The zero-order chi connectivity index (χ0) is 13.0. The van der Waals surface area contributed by atoms with Gasteiger partial charge in [-0.3, -0.25) is 0 Å². The first-order valence-electron chi connectivity index (χ1n) is 6.39. The van der Waals surface area contributed by atoms with Gasteiger partial charge in [-0.15, -0.1) is 0 Å². The molecule has 1 fully saturated rings. The summed E-state index contributed by atoms with van der Waals surface area (Å²) in [5, 5.41) is 11.1. The molecular weight excluding hydrogens is 271 g/mol. The molecule has 2 nitrogen and oxygen atoms in total. The third-order valence-corrected chi connectivity index (χ3v) is 4.00. The molecule has 1 aromatic rings. The Hall–Kier alpha value is -0.280. The second kappa shape index (κ2) is 6.76. The van der Waals surface area contributed by atoms with E-state index in [-0.39, 0.29) is 12.2 Å². The van der Waals surface area contributed by atoms with Crippen LogP contribution in [0.3, 0.4) is 0 Å². The smallest absolute Gasteiger partial charge is 0.0605 e. The summed E-state index contributed by atoms with van der Waals surface area (Å²) in [6, 6.07) is 5.48. The lowest BCUT2D eigenvalue weighted by molar-refractivity contribution is -0.0147. The lowest BCUT2D eigenvalue weighted by Crippen LogP contribution is -2.25. The van der Waals surface area contributed by atoms with E-state index in [1.807, 2.05) is 12.1 Å². The zero-order valence-corrected chi connectivity index (χ0v) is 11.8. The molecule has 4 heteroatoms. The monoisotopic (exact) mass is 288 g/mol. The highest BCUT2D eigenvalue weighted by Crippen LogP contribution is 2.24. The first kappa shape index (κ1) is 14.1. The van der Waals surface area contributed by atoms with Crippen molar-refractivity contribution in [1.82, 2.24) is 0 Å². The van der Waals surface area contributed by atoms with E-state index in [4.69, 9.17) is 27.9 Å². The number of halogens is 2. The lowest BCUT2D eigenvalue weighted by atomic mass is 9.99. The molecule has 2 rings (SSSR count). The first-order valence-corrected chi connectivity index (χ1v) is 7.14. The number of aliphatic hydroxyl groups excluding tert-OH is 1. The van der Waals surface area contributed by atoms with Gasteiger partial charge in [-0.1, -0.05) is 29.3 Å². The van der Waals surface area contributed by atoms with Crippen molar-refractivity contribution in [1.29, 1.82) is 0 Å². The molecule has 1 N–H and O–H groups in total. The first-order chi connectivity index (χ1) is 8.65. The predicted octanol–water partition coefficient (Wildman–Crippen LogP) is 3.86. The number of aliphatic hydroxyl groups is 1. The summed E-state index contributed by atoms with van der Waals surface area (Å²) >= 11 is 11.8. The maximum atomic E-state index is 10.1. The molecule has 0 aromatic heterocycles. The topological polar surface area (TPSA) is 29.5 Å².